The summed E-state index contributed by atoms with van der Waals surface area (Å²) in [5, 5.41) is 52.9. The van der Waals surface area contributed by atoms with Crippen LogP contribution in [0, 0.1) is 13.8 Å². The van der Waals surface area contributed by atoms with Gasteiger partial charge in [0.25, 0.3) is 0 Å². The summed E-state index contributed by atoms with van der Waals surface area (Å²) in [6.45, 7) is 4.07. The van der Waals surface area contributed by atoms with Crippen molar-refractivity contribution in [2.75, 3.05) is 19.7 Å². The van der Waals surface area contributed by atoms with Crippen LogP contribution in [0.3, 0.4) is 0 Å². The zero-order valence-electron chi connectivity index (χ0n) is 27.8. The third-order valence-corrected chi connectivity index (χ3v) is 9.27. The number of unbranched alkanes of at least 4 members (excludes halogenated alkanes) is 1. The first-order valence-corrected chi connectivity index (χ1v) is 16.9. The maximum Gasteiger partial charge on any atom is 0.314 e. The number of para-hydroxylation sites is 1. The van der Waals surface area contributed by atoms with Crippen molar-refractivity contribution in [1.29, 1.82) is 0 Å². The van der Waals surface area contributed by atoms with Crippen molar-refractivity contribution < 1.29 is 39.8 Å². The van der Waals surface area contributed by atoms with E-state index in [-0.39, 0.29) is 12.1 Å². The average molecular weight is 664 g/mol. The van der Waals surface area contributed by atoms with E-state index in [0.717, 1.165) is 72.9 Å². The van der Waals surface area contributed by atoms with Crippen LogP contribution >= 0.6 is 0 Å². The molecule has 2 saturated carbocycles. The Hall–Kier alpha value is -3.58. The Morgan fingerprint density at radius 2 is 1.65 bits per heavy atom. The molecule has 0 unspecified atom stereocenters. The van der Waals surface area contributed by atoms with Crippen LogP contribution in [0.25, 0.3) is 11.1 Å². The average Bonchev–Trinajstić information content (AvgIpc) is 4.04. The normalized spacial score (nSPS) is 17.6. The highest BCUT2D eigenvalue weighted by atomic mass is 16.5. The van der Waals surface area contributed by atoms with Gasteiger partial charge in [0.1, 0.15) is 24.1 Å². The first-order chi connectivity index (χ1) is 23.1. The predicted molar refractivity (Wildman–Crippen MR) is 180 cm³/mol. The summed E-state index contributed by atoms with van der Waals surface area (Å²) >= 11 is 0. The van der Waals surface area contributed by atoms with Crippen molar-refractivity contribution in [3.05, 3.63) is 82.7 Å². The fourth-order valence-corrected chi connectivity index (χ4v) is 5.92. The molecule has 2 amide bonds. The standard InChI is InChI=1S/C37H49N3O8/c1-23-18-26(24(2)17-25(23)7-5-6-15-39-36(46)40-20-31(42)34(44)35(45)32(43)21-41)22-47-37(13-14-37)30-19-38-16-12-28(30)29-8-3-4-9-33(29)48-27-10-11-27/h3-4,8-9,12,16-19,27,31-32,34-35,41-45H,5-7,10-11,13-15,20-22H2,1-2H3,(H2,39,40,46)/t31-,32+,34+,35+/m1/s1. The number of carbonyl (C=O) groups is 1. The second-order valence-electron chi connectivity index (χ2n) is 13.1. The number of rotatable bonds is 18. The lowest BCUT2D eigenvalue weighted by Gasteiger charge is -2.25. The number of nitrogens with one attached hydrogen (secondary N) is 2. The van der Waals surface area contributed by atoms with Gasteiger partial charge in [-0.2, -0.15) is 0 Å². The van der Waals surface area contributed by atoms with E-state index in [1.54, 1.807) is 0 Å². The first-order valence-electron chi connectivity index (χ1n) is 16.9. The van der Waals surface area contributed by atoms with Gasteiger partial charge in [-0.15, -0.1) is 0 Å². The Bertz CT molecular complexity index is 1530. The molecular formula is C37H49N3O8. The molecule has 0 spiro atoms. The molecule has 2 aliphatic carbocycles. The van der Waals surface area contributed by atoms with E-state index in [9.17, 15) is 25.2 Å². The second kappa shape index (κ2) is 16.2. The summed E-state index contributed by atoms with van der Waals surface area (Å²) in [7, 11) is 0. The minimum atomic E-state index is -1.74. The highest BCUT2D eigenvalue weighted by Gasteiger charge is 2.47. The van der Waals surface area contributed by atoms with Gasteiger partial charge < -0.3 is 45.6 Å². The van der Waals surface area contributed by atoms with Crippen LogP contribution in [0.1, 0.15) is 66.3 Å². The lowest BCUT2D eigenvalue weighted by atomic mass is 9.95. The van der Waals surface area contributed by atoms with Gasteiger partial charge in [-0.05, 0) is 98.7 Å². The third-order valence-electron chi connectivity index (χ3n) is 9.27. The van der Waals surface area contributed by atoms with Crippen LogP contribution < -0.4 is 15.4 Å². The lowest BCUT2D eigenvalue weighted by molar-refractivity contribution is -0.113. The number of amides is 2. The van der Waals surface area contributed by atoms with Crippen molar-refractivity contribution in [2.24, 2.45) is 0 Å². The van der Waals surface area contributed by atoms with Crippen LogP contribution in [0.15, 0.2) is 54.9 Å². The maximum absolute atomic E-state index is 12.1. The van der Waals surface area contributed by atoms with Gasteiger partial charge in [0.2, 0.25) is 0 Å². The van der Waals surface area contributed by atoms with Crippen molar-refractivity contribution in [3.8, 4) is 16.9 Å². The molecule has 0 saturated heterocycles. The zero-order chi connectivity index (χ0) is 34.3. The molecule has 2 fully saturated rings. The minimum Gasteiger partial charge on any atom is -0.490 e. The predicted octanol–water partition coefficient (Wildman–Crippen LogP) is 3.17. The number of ether oxygens (including phenoxy) is 2. The molecule has 0 radical (unpaired) electrons. The van der Waals surface area contributed by atoms with Crippen LogP contribution in [-0.4, -0.2) is 86.8 Å². The minimum absolute atomic E-state index is 0.311. The molecule has 260 valence electrons. The molecule has 7 N–H and O–H groups in total. The zero-order valence-corrected chi connectivity index (χ0v) is 27.8. The Labute approximate surface area is 282 Å². The number of aliphatic hydroxyl groups is 5. The number of carbonyl (C=O) groups excluding carboxylic acids is 1. The van der Waals surface area contributed by atoms with Gasteiger partial charge in [0, 0.05) is 36.6 Å². The maximum atomic E-state index is 12.1. The Kier molecular flexibility index (Phi) is 12.1. The molecule has 1 aromatic heterocycles. The van der Waals surface area contributed by atoms with Crippen molar-refractivity contribution in [2.45, 2.75) is 102 Å². The van der Waals surface area contributed by atoms with E-state index >= 15 is 0 Å². The van der Waals surface area contributed by atoms with Crippen LogP contribution in [0.4, 0.5) is 4.79 Å². The van der Waals surface area contributed by atoms with E-state index in [1.165, 1.54) is 16.7 Å². The third kappa shape index (κ3) is 9.10. The van der Waals surface area contributed by atoms with Gasteiger partial charge in [0.05, 0.1) is 31.0 Å². The number of aliphatic hydroxyl groups excluding tert-OH is 5. The van der Waals surface area contributed by atoms with Crippen molar-refractivity contribution in [1.82, 2.24) is 15.6 Å². The molecule has 4 atom stereocenters. The summed E-state index contributed by atoms with van der Waals surface area (Å²) in [5.74, 6) is 0.912. The second-order valence-corrected chi connectivity index (χ2v) is 13.1. The quantitative estimate of drug-likeness (QED) is 0.101. The fourth-order valence-electron chi connectivity index (χ4n) is 5.92. The first kappa shape index (κ1) is 35.7. The van der Waals surface area contributed by atoms with E-state index in [2.05, 4.69) is 53.7 Å². The Morgan fingerprint density at radius 3 is 2.38 bits per heavy atom. The largest absolute Gasteiger partial charge is 0.490 e. The highest BCUT2D eigenvalue weighted by molar-refractivity contribution is 5.74. The summed E-state index contributed by atoms with van der Waals surface area (Å²) in [6.07, 6.45) is 4.09. The fraction of sp³-hybridized carbons (Fsp3) is 0.514. The number of urea groups is 1. The summed E-state index contributed by atoms with van der Waals surface area (Å²) in [6, 6.07) is 14.2. The number of hydrogen-bond acceptors (Lipinski definition) is 9. The number of benzene rings is 2. The van der Waals surface area contributed by atoms with E-state index in [0.29, 0.717) is 19.3 Å². The Morgan fingerprint density at radius 1 is 0.938 bits per heavy atom. The number of nitrogens with zero attached hydrogens (tertiary/aromatic N) is 1. The number of aromatic nitrogens is 1. The van der Waals surface area contributed by atoms with Crippen LogP contribution in [0.2, 0.25) is 0 Å². The molecule has 2 aromatic carbocycles. The molecule has 0 bridgehead atoms. The Balaban J connectivity index is 1.09. The molecule has 2 aliphatic rings. The van der Waals surface area contributed by atoms with Gasteiger partial charge >= 0.3 is 6.03 Å². The van der Waals surface area contributed by atoms with Crippen LogP contribution in [0.5, 0.6) is 5.75 Å². The molecular weight excluding hydrogens is 614 g/mol. The smallest absolute Gasteiger partial charge is 0.314 e. The van der Waals surface area contributed by atoms with Crippen LogP contribution in [-0.2, 0) is 23.4 Å². The molecule has 11 nitrogen and oxygen atoms in total. The van der Waals surface area contributed by atoms with E-state index < -0.39 is 37.1 Å². The number of hydrogen-bond donors (Lipinski definition) is 7. The number of pyridine rings is 1. The topological polar surface area (TPSA) is 174 Å². The van der Waals surface area contributed by atoms with Gasteiger partial charge in [-0.3, -0.25) is 4.98 Å². The van der Waals surface area contributed by atoms with E-state index in [1.807, 2.05) is 30.6 Å². The summed E-state index contributed by atoms with van der Waals surface area (Å²) < 4.78 is 12.9. The number of aryl methyl sites for hydroxylation is 3. The molecule has 11 heteroatoms. The lowest BCUT2D eigenvalue weighted by Crippen LogP contribution is -2.50. The molecule has 3 aromatic rings. The molecule has 0 aliphatic heterocycles. The van der Waals surface area contributed by atoms with E-state index in [4.69, 9.17) is 14.6 Å². The SMILES string of the molecule is Cc1cc(COC2(c3cnccc3-c3ccccc3OC3CC3)CC2)c(C)cc1CCCCNC(=O)NC[C@@H](O)[C@H](O)[C@@H](O)[C@@H](O)CO. The summed E-state index contributed by atoms with van der Waals surface area (Å²) in [5.41, 5.74) is 7.72. The van der Waals surface area contributed by atoms with Crippen molar-refractivity contribution in [3.63, 3.8) is 0 Å². The van der Waals surface area contributed by atoms with Gasteiger partial charge in [-0.1, -0.05) is 30.3 Å². The molecule has 5 rings (SSSR count). The monoisotopic (exact) mass is 663 g/mol. The van der Waals surface area contributed by atoms with Gasteiger partial charge in [0.15, 0.2) is 0 Å². The van der Waals surface area contributed by atoms with Crippen molar-refractivity contribution >= 4 is 6.03 Å². The van der Waals surface area contributed by atoms with Gasteiger partial charge in [-0.25, -0.2) is 4.79 Å². The summed E-state index contributed by atoms with van der Waals surface area (Å²) in [4.78, 5) is 16.6. The molecule has 1 heterocycles. The highest BCUT2D eigenvalue weighted by Crippen LogP contribution is 2.53. The molecule has 48 heavy (non-hydrogen) atoms.